The molecule has 1 aliphatic carbocycles. The van der Waals surface area contributed by atoms with E-state index in [1.165, 1.54) is 12.8 Å². The Hall–Kier alpha value is -1.14. The summed E-state index contributed by atoms with van der Waals surface area (Å²) in [5.74, 6) is 0.488. The lowest BCUT2D eigenvalue weighted by molar-refractivity contribution is -0.144. The zero-order valence-electron chi connectivity index (χ0n) is 15.6. The van der Waals surface area contributed by atoms with Crippen LogP contribution >= 0.6 is 0 Å². The van der Waals surface area contributed by atoms with Crippen molar-refractivity contribution in [3.8, 4) is 0 Å². The first-order valence-corrected chi connectivity index (χ1v) is 10.1. The molecule has 3 rings (SSSR count). The molecular formula is C19H33N3O3. The third kappa shape index (κ3) is 4.73. The van der Waals surface area contributed by atoms with Crippen LogP contribution in [0.4, 0.5) is 0 Å². The van der Waals surface area contributed by atoms with Crippen molar-refractivity contribution in [2.24, 2.45) is 5.92 Å². The van der Waals surface area contributed by atoms with Gasteiger partial charge in [-0.2, -0.15) is 0 Å². The SMILES string of the molecule is CCN(CCN1CCOCC1)C(=O)C1CCC(=O)N(C2CCCC2)C1. The highest BCUT2D eigenvalue weighted by Gasteiger charge is 2.36. The molecule has 0 bridgehead atoms. The van der Waals surface area contributed by atoms with Gasteiger partial charge in [-0.05, 0) is 26.2 Å². The third-order valence-corrected chi connectivity index (χ3v) is 6.04. The average molecular weight is 351 g/mol. The van der Waals surface area contributed by atoms with Crippen LogP contribution < -0.4 is 0 Å². The van der Waals surface area contributed by atoms with Crippen LogP contribution in [0.5, 0.6) is 0 Å². The Morgan fingerprint density at radius 2 is 1.92 bits per heavy atom. The first kappa shape index (κ1) is 18.6. The molecule has 2 saturated heterocycles. The Labute approximate surface area is 151 Å². The van der Waals surface area contributed by atoms with Gasteiger partial charge in [0.15, 0.2) is 0 Å². The molecule has 142 valence electrons. The summed E-state index contributed by atoms with van der Waals surface area (Å²) in [7, 11) is 0. The maximum absolute atomic E-state index is 13.0. The molecule has 0 aromatic carbocycles. The third-order valence-electron chi connectivity index (χ3n) is 6.04. The molecule has 3 aliphatic rings. The van der Waals surface area contributed by atoms with Crippen molar-refractivity contribution in [1.82, 2.24) is 14.7 Å². The normalized spacial score (nSPS) is 26.2. The van der Waals surface area contributed by atoms with E-state index in [-0.39, 0.29) is 17.7 Å². The van der Waals surface area contributed by atoms with E-state index in [2.05, 4.69) is 11.8 Å². The van der Waals surface area contributed by atoms with Crippen molar-refractivity contribution in [3.63, 3.8) is 0 Å². The summed E-state index contributed by atoms with van der Waals surface area (Å²) in [6.45, 7) is 8.64. The molecule has 1 unspecified atom stereocenters. The molecule has 3 fully saturated rings. The standard InChI is InChI=1S/C19H33N3O3/c1-2-21(10-9-20-11-13-25-14-12-20)19(24)16-7-8-18(23)22(15-16)17-5-3-4-6-17/h16-17H,2-15H2,1H3. The lowest BCUT2D eigenvalue weighted by atomic mass is 9.94. The molecule has 2 amide bonds. The monoisotopic (exact) mass is 351 g/mol. The molecule has 0 aromatic rings. The first-order valence-electron chi connectivity index (χ1n) is 10.1. The van der Waals surface area contributed by atoms with Crippen molar-refractivity contribution in [2.75, 3.05) is 52.5 Å². The Morgan fingerprint density at radius 3 is 2.60 bits per heavy atom. The maximum atomic E-state index is 13.0. The number of piperidine rings is 1. The van der Waals surface area contributed by atoms with Crippen molar-refractivity contribution in [1.29, 1.82) is 0 Å². The van der Waals surface area contributed by atoms with Crippen molar-refractivity contribution < 1.29 is 14.3 Å². The van der Waals surface area contributed by atoms with E-state index in [4.69, 9.17) is 4.74 Å². The minimum atomic E-state index is -0.0112. The molecule has 25 heavy (non-hydrogen) atoms. The molecule has 0 spiro atoms. The van der Waals surface area contributed by atoms with Gasteiger partial charge in [-0.3, -0.25) is 14.5 Å². The second-order valence-electron chi connectivity index (χ2n) is 7.59. The summed E-state index contributed by atoms with van der Waals surface area (Å²) >= 11 is 0. The summed E-state index contributed by atoms with van der Waals surface area (Å²) in [4.78, 5) is 31.7. The van der Waals surface area contributed by atoms with Crippen LogP contribution in [0.2, 0.25) is 0 Å². The molecule has 1 saturated carbocycles. The van der Waals surface area contributed by atoms with Crippen LogP contribution in [-0.4, -0.2) is 85.0 Å². The quantitative estimate of drug-likeness (QED) is 0.725. The van der Waals surface area contributed by atoms with Gasteiger partial charge in [0, 0.05) is 51.7 Å². The van der Waals surface area contributed by atoms with Crippen LogP contribution in [0.1, 0.15) is 45.4 Å². The van der Waals surface area contributed by atoms with Crippen molar-refractivity contribution in [2.45, 2.75) is 51.5 Å². The number of carbonyl (C=O) groups excluding carboxylic acids is 2. The van der Waals surface area contributed by atoms with Gasteiger partial charge < -0.3 is 14.5 Å². The summed E-state index contributed by atoms with van der Waals surface area (Å²) in [5.41, 5.74) is 0. The fraction of sp³-hybridized carbons (Fsp3) is 0.895. The van der Waals surface area contributed by atoms with Gasteiger partial charge >= 0.3 is 0 Å². The van der Waals surface area contributed by atoms with Crippen molar-refractivity contribution >= 4 is 11.8 Å². The summed E-state index contributed by atoms with van der Waals surface area (Å²) in [6, 6.07) is 0.381. The lowest BCUT2D eigenvalue weighted by Gasteiger charge is -2.38. The Kier molecular flexibility index (Phi) is 6.70. The zero-order valence-corrected chi connectivity index (χ0v) is 15.6. The molecule has 0 N–H and O–H groups in total. The number of likely N-dealkylation sites (N-methyl/N-ethyl adjacent to an activating group) is 1. The maximum Gasteiger partial charge on any atom is 0.227 e. The molecule has 6 heteroatoms. The van der Waals surface area contributed by atoms with E-state index >= 15 is 0 Å². The first-order chi connectivity index (χ1) is 12.2. The molecule has 1 atom stereocenters. The Morgan fingerprint density at radius 1 is 1.20 bits per heavy atom. The number of ether oxygens (including phenoxy) is 1. The molecule has 0 radical (unpaired) electrons. The van der Waals surface area contributed by atoms with Crippen LogP contribution in [0.15, 0.2) is 0 Å². The Balaban J connectivity index is 1.53. The van der Waals surface area contributed by atoms with Crippen LogP contribution in [0.25, 0.3) is 0 Å². The van der Waals surface area contributed by atoms with Gasteiger partial charge in [-0.25, -0.2) is 0 Å². The number of carbonyl (C=O) groups is 2. The molecule has 6 nitrogen and oxygen atoms in total. The van der Waals surface area contributed by atoms with Gasteiger partial charge in [0.2, 0.25) is 11.8 Å². The molecule has 2 aliphatic heterocycles. The predicted octanol–water partition coefficient (Wildman–Crippen LogP) is 1.35. The fourth-order valence-corrected chi connectivity index (χ4v) is 4.41. The minimum absolute atomic E-state index is 0.0112. The van der Waals surface area contributed by atoms with Crippen LogP contribution in [-0.2, 0) is 14.3 Å². The lowest BCUT2D eigenvalue weighted by Crippen LogP contribution is -2.51. The van der Waals surface area contributed by atoms with E-state index < -0.39 is 0 Å². The van der Waals surface area contributed by atoms with Crippen LogP contribution in [0.3, 0.4) is 0 Å². The van der Waals surface area contributed by atoms with Crippen LogP contribution in [0, 0.1) is 5.92 Å². The number of amides is 2. The number of rotatable bonds is 6. The highest BCUT2D eigenvalue weighted by Crippen LogP contribution is 2.29. The largest absolute Gasteiger partial charge is 0.379 e. The van der Waals surface area contributed by atoms with E-state index in [0.717, 1.165) is 65.2 Å². The van der Waals surface area contributed by atoms with Gasteiger partial charge in [0.05, 0.1) is 19.1 Å². The zero-order chi connectivity index (χ0) is 17.6. The Bertz CT molecular complexity index is 459. The highest BCUT2D eigenvalue weighted by molar-refractivity contribution is 5.84. The van der Waals surface area contributed by atoms with E-state index in [9.17, 15) is 9.59 Å². The molecule has 0 aromatic heterocycles. The summed E-state index contributed by atoms with van der Waals surface area (Å²) in [6.07, 6.45) is 5.91. The number of morpholine rings is 1. The second-order valence-corrected chi connectivity index (χ2v) is 7.59. The smallest absolute Gasteiger partial charge is 0.227 e. The highest BCUT2D eigenvalue weighted by atomic mass is 16.5. The average Bonchev–Trinajstić information content (AvgIpc) is 3.18. The topological polar surface area (TPSA) is 53.1 Å². The van der Waals surface area contributed by atoms with E-state index in [1.54, 1.807) is 0 Å². The van der Waals surface area contributed by atoms with Gasteiger partial charge in [0.25, 0.3) is 0 Å². The number of likely N-dealkylation sites (tertiary alicyclic amines) is 1. The second kappa shape index (κ2) is 8.99. The van der Waals surface area contributed by atoms with Gasteiger partial charge in [-0.15, -0.1) is 0 Å². The van der Waals surface area contributed by atoms with E-state index in [1.807, 2.05) is 9.80 Å². The number of hydrogen-bond acceptors (Lipinski definition) is 4. The summed E-state index contributed by atoms with van der Waals surface area (Å²) in [5, 5.41) is 0. The van der Waals surface area contributed by atoms with Gasteiger partial charge in [-0.1, -0.05) is 12.8 Å². The number of nitrogens with zero attached hydrogens (tertiary/aromatic N) is 3. The number of hydrogen-bond donors (Lipinski definition) is 0. The predicted molar refractivity (Wildman–Crippen MR) is 96.2 cm³/mol. The van der Waals surface area contributed by atoms with E-state index in [0.29, 0.717) is 19.0 Å². The molecular weight excluding hydrogens is 318 g/mol. The van der Waals surface area contributed by atoms with Crippen molar-refractivity contribution in [3.05, 3.63) is 0 Å². The summed E-state index contributed by atoms with van der Waals surface area (Å²) < 4.78 is 5.39. The minimum Gasteiger partial charge on any atom is -0.379 e. The van der Waals surface area contributed by atoms with Gasteiger partial charge in [0.1, 0.15) is 0 Å². The fourth-order valence-electron chi connectivity index (χ4n) is 4.41. The molecule has 2 heterocycles.